The zero-order valence-electron chi connectivity index (χ0n) is 15.6. The van der Waals surface area contributed by atoms with Gasteiger partial charge in [-0.25, -0.2) is 9.78 Å². The predicted molar refractivity (Wildman–Crippen MR) is 102 cm³/mol. The number of aromatic nitrogens is 1. The Morgan fingerprint density at radius 3 is 2.42 bits per heavy atom. The average Bonchev–Trinajstić information content (AvgIpc) is 2.59. The number of fused-ring (bicyclic) bond motifs is 1. The number of carbonyl (C=O) groups excluding carboxylic acids is 1. The Hall–Kier alpha value is -2.69. The lowest BCUT2D eigenvalue weighted by Gasteiger charge is -2.34. The molecule has 136 valence electrons. The molecule has 2 aromatic rings. The molecule has 0 saturated heterocycles. The number of aromatic carboxylic acids is 1. The smallest absolute Gasteiger partial charge is 0.338 e. The van der Waals surface area contributed by atoms with Gasteiger partial charge in [0, 0.05) is 24.6 Å². The third kappa shape index (κ3) is 3.09. The van der Waals surface area contributed by atoms with Crippen molar-refractivity contribution in [3.05, 3.63) is 47.2 Å². The number of hydrogen-bond donors (Lipinski definition) is 1. The molecule has 0 bridgehead atoms. The molecule has 1 amide bonds. The van der Waals surface area contributed by atoms with E-state index in [4.69, 9.17) is 0 Å². The molecule has 5 heteroatoms. The fourth-order valence-corrected chi connectivity index (χ4v) is 3.69. The summed E-state index contributed by atoms with van der Waals surface area (Å²) in [5.41, 5.74) is 3.18. The number of hydrogen-bond acceptors (Lipinski definition) is 3. The molecule has 3 rings (SSSR count). The number of benzene rings is 1. The quantitative estimate of drug-likeness (QED) is 0.902. The van der Waals surface area contributed by atoms with Crippen molar-refractivity contribution in [1.82, 2.24) is 4.98 Å². The van der Waals surface area contributed by atoms with Crippen LogP contribution in [0.3, 0.4) is 0 Å². The van der Waals surface area contributed by atoms with Gasteiger partial charge in [0.15, 0.2) is 0 Å². The molecular weight excluding hydrogens is 328 g/mol. The molecule has 1 aliphatic rings. The van der Waals surface area contributed by atoms with Crippen LogP contribution in [0, 0.1) is 5.92 Å². The second-order valence-electron chi connectivity index (χ2n) is 7.31. The maximum absolute atomic E-state index is 12.2. The zero-order valence-corrected chi connectivity index (χ0v) is 15.6. The summed E-state index contributed by atoms with van der Waals surface area (Å²) >= 11 is 0. The van der Waals surface area contributed by atoms with Gasteiger partial charge in [0.1, 0.15) is 5.82 Å². The van der Waals surface area contributed by atoms with Gasteiger partial charge in [0.25, 0.3) is 0 Å². The van der Waals surface area contributed by atoms with Crippen molar-refractivity contribution >= 4 is 17.7 Å². The molecule has 5 nitrogen and oxygen atoms in total. The topological polar surface area (TPSA) is 70.5 Å². The molecule has 1 aliphatic heterocycles. The molecule has 0 fully saturated rings. The highest BCUT2D eigenvalue weighted by Gasteiger charge is 2.33. The van der Waals surface area contributed by atoms with Crippen LogP contribution in [0.25, 0.3) is 11.1 Å². The van der Waals surface area contributed by atoms with E-state index in [0.717, 1.165) is 11.1 Å². The normalized spacial score (nSPS) is 16.5. The molecule has 1 atom stereocenters. The predicted octanol–water partition coefficient (Wildman–Crippen LogP) is 4.12. The summed E-state index contributed by atoms with van der Waals surface area (Å²) in [6.07, 6.45) is 0.703. The van der Waals surface area contributed by atoms with Crippen LogP contribution in [0.5, 0.6) is 0 Å². The highest BCUT2D eigenvalue weighted by atomic mass is 16.4. The van der Waals surface area contributed by atoms with Gasteiger partial charge in [-0.1, -0.05) is 51.1 Å². The summed E-state index contributed by atoms with van der Waals surface area (Å²) in [4.78, 5) is 30.8. The first-order valence-electron chi connectivity index (χ1n) is 8.94. The molecule has 1 unspecified atom stereocenters. The Kier molecular flexibility index (Phi) is 4.81. The third-order valence-corrected chi connectivity index (χ3v) is 4.81. The third-order valence-electron chi connectivity index (χ3n) is 4.81. The van der Waals surface area contributed by atoms with Crippen molar-refractivity contribution in [3.63, 3.8) is 0 Å². The van der Waals surface area contributed by atoms with E-state index in [9.17, 15) is 14.7 Å². The van der Waals surface area contributed by atoms with Crippen molar-refractivity contribution in [2.75, 3.05) is 11.4 Å². The van der Waals surface area contributed by atoms with E-state index in [-0.39, 0.29) is 23.3 Å². The number of carbonyl (C=O) groups is 2. The molecule has 26 heavy (non-hydrogen) atoms. The van der Waals surface area contributed by atoms with Crippen molar-refractivity contribution in [3.8, 4) is 11.1 Å². The monoisotopic (exact) mass is 352 g/mol. The van der Waals surface area contributed by atoms with Gasteiger partial charge in [-0.3, -0.25) is 9.69 Å². The number of nitrogens with zero attached hydrogens (tertiary/aromatic N) is 2. The van der Waals surface area contributed by atoms with Gasteiger partial charge in [-0.15, -0.1) is 0 Å². The number of pyridine rings is 1. The maximum Gasteiger partial charge on any atom is 0.338 e. The Balaban J connectivity index is 2.43. The first kappa shape index (κ1) is 18.1. The van der Waals surface area contributed by atoms with Gasteiger partial charge in [0.05, 0.1) is 11.3 Å². The molecule has 0 saturated carbocycles. The lowest BCUT2D eigenvalue weighted by Crippen LogP contribution is -2.39. The molecule has 2 heterocycles. The lowest BCUT2D eigenvalue weighted by molar-refractivity contribution is -0.116. The standard InChI is InChI=1S/C21H24N2O3/c1-12(2)19-18(21(25)26)17(15-8-6-5-7-9-15)16-10-13(3)11-23(14(4)24)20(16)22-19/h5-9,12-13H,10-11H2,1-4H3,(H,25,26). The molecule has 1 aromatic carbocycles. The minimum absolute atomic E-state index is 0.0675. The molecule has 0 aliphatic carbocycles. The lowest BCUT2D eigenvalue weighted by atomic mass is 9.85. The first-order chi connectivity index (χ1) is 12.3. The number of rotatable bonds is 3. The van der Waals surface area contributed by atoms with Gasteiger partial charge in [0.2, 0.25) is 5.91 Å². The highest BCUT2D eigenvalue weighted by molar-refractivity contribution is 6.01. The zero-order chi connectivity index (χ0) is 19.0. The van der Waals surface area contributed by atoms with Crippen LogP contribution in [-0.4, -0.2) is 28.5 Å². The minimum atomic E-state index is -0.976. The Morgan fingerprint density at radius 1 is 1.23 bits per heavy atom. The fourth-order valence-electron chi connectivity index (χ4n) is 3.69. The average molecular weight is 352 g/mol. The molecule has 0 radical (unpaired) electrons. The van der Waals surface area contributed by atoms with Gasteiger partial charge < -0.3 is 5.11 Å². The van der Waals surface area contributed by atoms with Crippen LogP contribution in [0.4, 0.5) is 5.82 Å². The van der Waals surface area contributed by atoms with Crippen molar-refractivity contribution in [2.24, 2.45) is 5.92 Å². The number of carboxylic acid groups (broad SMARTS) is 1. The second kappa shape index (κ2) is 6.90. The molecule has 0 spiro atoms. The van der Waals surface area contributed by atoms with E-state index in [1.807, 2.05) is 44.2 Å². The van der Waals surface area contributed by atoms with E-state index in [1.165, 1.54) is 6.92 Å². The summed E-state index contributed by atoms with van der Waals surface area (Å²) in [6.45, 7) is 8.07. The Morgan fingerprint density at radius 2 is 1.88 bits per heavy atom. The largest absolute Gasteiger partial charge is 0.478 e. The second-order valence-corrected chi connectivity index (χ2v) is 7.31. The summed E-state index contributed by atoms with van der Waals surface area (Å²) < 4.78 is 0. The SMILES string of the molecule is CC(=O)N1CC(C)Cc2c1nc(C(C)C)c(C(=O)O)c2-c1ccccc1. The summed E-state index contributed by atoms with van der Waals surface area (Å²) in [7, 11) is 0. The fraction of sp³-hybridized carbons (Fsp3) is 0.381. The van der Waals surface area contributed by atoms with Gasteiger partial charge in [-0.05, 0) is 23.8 Å². The summed E-state index contributed by atoms with van der Waals surface area (Å²) in [5.74, 6) is -0.259. The number of carboxylic acids is 1. The molecule has 1 aromatic heterocycles. The van der Waals surface area contributed by atoms with Crippen LogP contribution >= 0.6 is 0 Å². The first-order valence-corrected chi connectivity index (χ1v) is 8.94. The molecular formula is C21H24N2O3. The van der Waals surface area contributed by atoms with E-state index in [0.29, 0.717) is 30.0 Å². The Bertz CT molecular complexity index is 859. The van der Waals surface area contributed by atoms with Crippen LogP contribution in [-0.2, 0) is 11.2 Å². The summed E-state index contributed by atoms with van der Waals surface area (Å²) in [6, 6.07) is 9.55. The Labute approximate surface area is 153 Å². The number of amides is 1. The van der Waals surface area contributed by atoms with Crippen LogP contribution in [0.2, 0.25) is 0 Å². The van der Waals surface area contributed by atoms with Crippen LogP contribution in [0.1, 0.15) is 55.2 Å². The highest BCUT2D eigenvalue weighted by Crippen LogP contribution is 2.41. The minimum Gasteiger partial charge on any atom is -0.478 e. The van der Waals surface area contributed by atoms with Gasteiger partial charge in [-0.2, -0.15) is 0 Å². The van der Waals surface area contributed by atoms with E-state index >= 15 is 0 Å². The van der Waals surface area contributed by atoms with Gasteiger partial charge >= 0.3 is 5.97 Å². The van der Waals surface area contributed by atoms with Crippen molar-refractivity contribution in [2.45, 2.75) is 40.0 Å². The summed E-state index contributed by atoms with van der Waals surface area (Å²) in [5, 5.41) is 9.98. The van der Waals surface area contributed by atoms with E-state index in [2.05, 4.69) is 11.9 Å². The number of anilines is 1. The maximum atomic E-state index is 12.2. The van der Waals surface area contributed by atoms with Crippen LogP contribution < -0.4 is 4.90 Å². The van der Waals surface area contributed by atoms with E-state index < -0.39 is 5.97 Å². The van der Waals surface area contributed by atoms with E-state index in [1.54, 1.807) is 4.90 Å². The van der Waals surface area contributed by atoms with Crippen molar-refractivity contribution < 1.29 is 14.7 Å². The molecule has 1 N–H and O–H groups in total. The van der Waals surface area contributed by atoms with Crippen LogP contribution in [0.15, 0.2) is 30.3 Å². The van der Waals surface area contributed by atoms with Crippen molar-refractivity contribution in [1.29, 1.82) is 0 Å².